The Hall–Kier alpha value is -2.09. The third-order valence-electron chi connectivity index (χ3n) is 4.19. The monoisotopic (exact) mass is 336 g/mol. The van der Waals surface area contributed by atoms with Crippen LogP contribution >= 0.6 is 0 Å². The summed E-state index contributed by atoms with van der Waals surface area (Å²) in [7, 11) is 0. The molecule has 0 saturated carbocycles. The number of likely N-dealkylation sites (tertiary alicyclic amines) is 1. The van der Waals surface area contributed by atoms with E-state index in [2.05, 4.69) is 32.4 Å². The van der Waals surface area contributed by atoms with E-state index in [1.165, 1.54) is 4.90 Å². The van der Waals surface area contributed by atoms with Crippen molar-refractivity contribution in [1.82, 2.24) is 25.8 Å². The molecule has 0 radical (unpaired) electrons. The van der Waals surface area contributed by atoms with Gasteiger partial charge in [-0.15, -0.1) is 6.58 Å². The van der Waals surface area contributed by atoms with Crippen LogP contribution in [0.2, 0.25) is 0 Å². The molecule has 2 heterocycles. The van der Waals surface area contributed by atoms with Crippen molar-refractivity contribution >= 4 is 17.9 Å². The number of nitrogens with zero attached hydrogens (tertiary/aromatic N) is 3. The molecule has 24 heavy (non-hydrogen) atoms. The maximum atomic E-state index is 11.5. The lowest BCUT2D eigenvalue weighted by Gasteiger charge is -2.32. The van der Waals surface area contributed by atoms with Gasteiger partial charge in [-0.05, 0) is 19.8 Å². The van der Waals surface area contributed by atoms with E-state index in [-0.39, 0.29) is 18.5 Å². The molecule has 3 amide bonds. The zero-order valence-corrected chi connectivity index (χ0v) is 14.4. The number of rotatable bonds is 7. The van der Waals surface area contributed by atoms with Crippen LogP contribution in [-0.2, 0) is 4.79 Å². The van der Waals surface area contributed by atoms with Gasteiger partial charge in [-0.2, -0.15) is 0 Å². The summed E-state index contributed by atoms with van der Waals surface area (Å²) in [6.07, 6.45) is 4.06. The molecule has 8 nitrogen and oxygen atoms in total. The second kappa shape index (κ2) is 9.27. The second-order valence-electron chi connectivity index (χ2n) is 5.97. The number of guanidine groups is 1. The molecule has 3 N–H and O–H groups in total. The van der Waals surface area contributed by atoms with Crippen molar-refractivity contribution in [2.75, 3.05) is 45.8 Å². The Morgan fingerprint density at radius 2 is 2.17 bits per heavy atom. The van der Waals surface area contributed by atoms with Gasteiger partial charge in [0.1, 0.15) is 0 Å². The van der Waals surface area contributed by atoms with Crippen LogP contribution in [0.5, 0.6) is 0 Å². The molecular weight excluding hydrogens is 308 g/mol. The van der Waals surface area contributed by atoms with E-state index >= 15 is 0 Å². The summed E-state index contributed by atoms with van der Waals surface area (Å²) < 4.78 is 0. The Bertz CT molecular complexity index is 469. The van der Waals surface area contributed by atoms with Crippen LogP contribution in [0.25, 0.3) is 0 Å². The van der Waals surface area contributed by atoms with E-state index < -0.39 is 0 Å². The maximum absolute atomic E-state index is 11.5. The minimum absolute atomic E-state index is 0.0874. The van der Waals surface area contributed by atoms with Gasteiger partial charge >= 0.3 is 6.03 Å². The predicted molar refractivity (Wildman–Crippen MR) is 93.9 cm³/mol. The highest BCUT2D eigenvalue weighted by atomic mass is 16.2. The minimum atomic E-state index is -0.331. The molecule has 0 spiro atoms. The third kappa shape index (κ3) is 5.23. The maximum Gasteiger partial charge on any atom is 0.324 e. The van der Waals surface area contributed by atoms with E-state index in [9.17, 15) is 9.59 Å². The van der Waals surface area contributed by atoms with Gasteiger partial charge in [0, 0.05) is 32.2 Å². The van der Waals surface area contributed by atoms with Gasteiger partial charge in [-0.25, -0.2) is 4.79 Å². The van der Waals surface area contributed by atoms with Crippen molar-refractivity contribution in [2.45, 2.75) is 25.8 Å². The topological polar surface area (TPSA) is 89.1 Å². The Labute approximate surface area is 143 Å². The first-order chi connectivity index (χ1) is 11.6. The first kappa shape index (κ1) is 18.3. The molecule has 2 aliphatic heterocycles. The first-order valence-electron chi connectivity index (χ1n) is 8.60. The zero-order chi connectivity index (χ0) is 17.4. The Balaban J connectivity index is 1.79. The fourth-order valence-corrected chi connectivity index (χ4v) is 2.90. The van der Waals surface area contributed by atoms with Gasteiger partial charge in [0.15, 0.2) is 5.96 Å². The normalized spacial score (nSPS) is 20.2. The lowest BCUT2D eigenvalue weighted by atomic mass is 10.1. The Morgan fingerprint density at radius 3 is 2.75 bits per heavy atom. The minimum Gasteiger partial charge on any atom is -0.357 e. The number of hydrogen-bond acceptors (Lipinski definition) is 4. The fraction of sp³-hybridized carbons (Fsp3) is 0.688. The van der Waals surface area contributed by atoms with E-state index in [0.717, 1.165) is 45.0 Å². The first-order valence-corrected chi connectivity index (χ1v) is 8.60. The number of hydrogen-bond donors (Lipinski definition) is 3. The van der Waals surface area contributed by atoms with Crippen molar-refractivity contribution in [3.8, 4) is 0 Å². The number of carbonyl (C=O) groups excluding carboxylic acids is 2. The zero-order valence-electron chi connectivity index (χ0n) is 14.4. The number of urea groups is 1. The van der Waals surface area contributed by atoms with E-state index in [1.807, 2.05) is 13.0 Å². The Kier molecular flexibility index (Phi) is 7.05. The van der Waals surface area contributed by atoms with Gasteiger partial charge in [0.25, 0.3) is 0 Å². The van der Waals surface area contributed by atoms with E-state index in [0.29, 0.717) is 19.1 Å². The molecular formula is C16H28N6O2. The number of amides is 3. The largest absolute Gasteiger partial charge is 0.357 e. The lowest BCUT2D eigenvalue weighted by molar-refractivity contribution is -0.124. The third-order valence-corrected chi connectivity index (χ3v) is 4.19. The van der Waals surface area contributed by atoms with E-state index in [4.69, 9.17) is 0 Å². The van der Waals surface area contributed by atoms with Crippen molar-refractivity contribution in [1.29, 1.82) is 0 Å². The molecule has 0 bridgehead atoms. The standard InChI is InChI=1S/C16H28N6O2/c1-3-8-21-9-5-13(6-10-21)20-15(17-4-2)18-7-11-22-14(23)12-19-16(22)24/h3,13H,1,4-12H2,2H3,(H,19,24)(H2,17,18,20). The SMILES string of the molecule is C=CCN1CCC(NC(=NCCN2C(=O)CNC2=O)NCC)CC1. The van der Waals surface area contributed by atoms with Gasteiger partial charge in [-0.1, -0.05) is 6.08 Å². The molecule has 8 heteroatoms. The van der Waals surface area contributed by atoms with Crippen molar-refractivity contribution in [3.63, 3.8) is 0 Å². The smallest absolute Gasteiger partial charge is 0.324 e. The molecule has 0 aromatic rings. The summed E-state index contributed by atoms with van der Waals surface area (Å²) in [6.45, 7) is 10.4. The number of nitrogens with one attached hydrogen (secondary N) is 3. The van der Waals surface area contributed by atoms with Crippen molar-refractivity contribution in [3.05, 3.63) is 12.7 Å². The molecule has 0 atom stereocenters. The number of carbonyl (C=O) groups is 2. The number of imide groups is 1. The number of piperidine rings is 1. The molecule has 2 saturated heterocycles. The van der Waals surface area contributed by atoms with Crippen LogP contribution in [0, 0.1) is 0 Å². The molecule has 2 fully saturated rings. The quantitative estimate of drug-likeness (QED) is 0.258. The molecule has 0 aromatic heterocycles. The van der Waals surface area contributed by atoms with Gasteiger partial charge in [0.05, 0.1) is 19.6 Å². The highest BCUT2D eigenvalue weighted by molar-refractivity contribution is 6.01. The van der Waals surface area contributed by atoms with Crippen LogP contribution in [-0.4, -0.2) is 79.6 Å². The lowest BCUT2D eigenvalue weighted by Crippen LogP contribution is -2.49. The summed E-state index contributed by atoms with van der Waals surface area (Å²) in [5.74, 6) is 0.550. The van der Waals surface area contributed by atoms with Crippen LogP contribution in [0.4, 0.5) is 4.79 Å². The summed E-state index contributed by atoms with van der Waals surface area (Å²) in [5.41, 5.74) is 0. The van der Waals surface area contributed by atoms with Crippen LogP contribution in [0.3, 0.4) is 0 Å². The van der Waals surface area contributed by atoms with Crippen molar-refractivity contribution in [2.24, 2.45) is 4.99 Å². The predicted octanol–water partition coefficient (Wildman–Crippen LogP) is -0.256. The molecule has 134 valence electrons. The van der Waals surface area contributed by atoms with Gasteiger partial charge in [-0.3, -0.25) is 19.6 Å². The molecule has 0 aromatic carbocycles. The summed E-state index contributed by atoms with van der Waals surface area (Å²) >= 11 is 0. The van der Waals surface area contributed by atoms with Gasteiger partial charge < -0.3 is 16.0 Å². The van der Waals surface area contributed by atoms with Crippen LogP contribution in [0.1, 0.15) is 19.8 Å². The summed E-state index contributed by atoms with van der Waals surface area (Å²) in [4.78, 5) is 31.1. The van der Waals surface area contributed by atoms with Gasteiger partial charge in [0.2, 0.25) is 5.91 Å². The van der Waals surface area contributed by atoms with Crippen molar-refractivity contribution < 1.29 is 9.59 Å². The van der Waals surface area contributed by atoms with Crippen LogP contribution in [0.15, 0.2) is 17.6 Å². The average Bonchev–Trinajstić information content (AvgIpc) is 2.89. The van der Waals surface area contributed by atoms with Crippen LogP contribution < -0.4 is 16.0 Å². The fourth-order valence-electron chi connectivity index (χ4n) is 2.90. The highest BCUT2D eigenvalue weighted by Crippen LogP contribution is 2.09. The molecule has 2 rings (SSSR count). The average molecular weight is 336 g/mol. The summed E-state index contributed by atoms with van der Waals surface area (Å²) in [5, 5.41) is 9.18. The molecule has 0 unspecified atom stereocenters. The van der Waals surface area contributed by atoms with E-state index in [1.54, 1.807) is 0 Å². The highest BCUT2D eigenvalue weighted by Gasteiger charge is 2.27. The second-order valence-corrected chi connectivity index (χ2v) is 5.97. The Morgan fingerprint density at radius 1 is 1.42 bits per heavy atom. The number of aliphatic imine (C=N–C) groups is 1. The molecule has 2 aliphatic rings. The molecule has 0 aliphatic carbocycles. The summed E-state index contributed by atoms with van der Waals surface area (Å²) in [6, 6.07) is 0.0586.